The largest absolute Gasteiger partial charge is 0.396 e. The predicted octanol–water partition coefficient (Wildman–Crippen LogP) is 2.30. The molecule has 2 amide bonds. The minimum atomic E-state index is 0.0490. The molecule has 2 heterocycles. The van der Waals surface area contributed by atoms with Gasteiger partial charge in [-0.3, -0.25) is 0 Å². The van der Waals surface area contributed by atoms with Crippen molar-refractivity contribution in [3.05, 3.63) is 20.8 Å². The topological polar surface area (TPSA) is 43.8 Å². The van der Waals surface area contributed by atoms with E-state index in [1.807, 2.05) is 12.4 Å². The van der Waals surface area contributed by atoms with Crippen molar-refractivity contribution in [1.29, 1.82) is 0 Å². The van der Waals surface area contributed by atoms with Crippen molar-refractivity contribution in [1.82, 2.24) is 9.80 Å². The number of likely N-dealkylation sites (N-methyl/N-ethyl adjacent to an activating group) is 1. The van der Waals surface area contributed by atoms with E-state index in [-0.39, 0.29) is 18.7 Å². The van der Waals surface area contributed by atoms with Crippen LogP contribution in [0, 0.1) is 0 Å². The number of amides is 2. The van der Waals surface area contributed by atoms with Crippen molar-refractivity contribution in [3.8, 4) is 0 Å². The van der Waals surface area contributed by atoms with Gasteiger partial charge in [-0.1, -0.05) is 0 Å². The number of halogens is 1. The highest BCUT2D eigenvalue weighted by Gasteiger charge is 2.35. The molecule has 0 saturated carbocycles. The molecule has 0 bridgehead atoms. The molecule has 0 spiro atoms. The number of thiophene rings is 1. The van der Waals surface area contributed by atoms with Crippen LogP contribution in [0.25, 0.3) is 0 Å². The van der Waals surface area contributed by atoms with E-state index in [9.17, 15) is 4.79 Å². The Hall–Kier alpha value is -0.590. The van der Waals surface area contributed by atoms with Crippen molar-refractivity contribution in [2.24, 2.45) is 0 Å². The van der Waals surface area contributed by atoms with Gasteiger partial charge < -0.3 is 14.9 Å². The zero-order chi connectivity index (χ0) is 12.4. The molecule has 17 heavy (non-hydrogen) atoms. The standard InChI is InChI=1S/C11H15BrN2O2S/c1-13-9(10-5-8(12)7-17-10)6-14(11(13)16)3-2-4-15/h5,7,9,15H,2-4,6H2,1H3. The van der Waals surface area contributed by atoms with Crippen LogP contribution in [0.4, 0.5) is 4.79 Å². The highest BCUT2D eigenvalue weighted by molar-refractivity contribution is 9.10. The molecule has 1 aromatic heterocycles. The smallest absolute Gasteiger partial charge is 0.320 e. The van der Waals surface area contributed by atoms with Gasteiger partial charge in [-0.2, -0.15) is 0 Å². The molecule has 1 saturated heterocycles. The number of rotatable bonds is 4. The molecule has 6 heteroatoms. The van der Waals surface area contributed by atoms with Crippen molar-refractivity contribution in [3.63, 3.8) is 0 Å². The van der Waals surface area contributed by atoms with Gasteiger partial charge in [-0.15, -0.1) is 11.3 Å². The summed E-state index contributed by atoms with van der Waals surface area (Å²) in [5.41, 5.74) is 0. The second-order valence-corrected chi connectivity index (χ2v) is 5.96. The van der Waals surface area contributed by atoms with E-state index in [2.05, 4.69) is 22.0 Å². The number of nitrogens with zero attached hydrogens (tertiary/aromatic N) is 2. The van der Waals surface area contributed by atoms with Crippen LogP contribution in [-0.4, -0.2) is 47.7 Å². The lowest BCUT2D eigenvalue weighted by molar-refractivity contribution is 0.191. The average molecular weight is 319 g/mol. The molecule has 0 aromatic carbocycles. The fourth-order valence-corrected chi connectivity index (χ4v) is 3.58. The quantitative estimate of drug-likeness (QED) is 0.925. The van der Waals surface area contributed by atoms with Gasteiger partial charge in [0.05, 0.1) is 6.04 Å². The normalized spacial score (nSPS) is 20.4. The van der Waals surface area contributed by atoms with Crippen molar-refractivity contribution < 1.29 is 9.90 Å². The molecule has 4 nitrogen and oxygen atoms in total. The Labute approximate surface area is 113 Å². The van der Waals surface area contributed by atoms with E-state index in [4.69, 9.17) is 5.11 Å². The highest BCUT2D eigenvalue weighted by atomic mass is 79.9. The van der Waals surface area contributed by atoms with Crippen LogP contribution in [0.5, 0.6) is 0 Å². The Kier molecular flexibility index (Phi) is 4.06. The zero-order valence-corrected chi connectivity index (χ0v) is 12.0. The molecule has 1 N–H and O–H groups in total. The Morgan fingerprint density at radius 2 is 2.41 bits per heavy atom. The first-order valence-electron chi connectivity index (χ1n) is 5.50. The summed E-state index contributed by atoms with van der Waals surface area (Å²) < 4.78 is 1.06. The van der Waals surface area contributed by atoms with Crippen molar-refractivity contribution in [2.45, 2.75) is 12.5 Å². The summed E-state index contributed by atoms with van der Waals surface area (Å²) in [6.07, 6.45) is 0.639. The molecule has 2 rings (SSSR count). The molecule has 1 aliphatic rings. The van der Waals surface area contributed by atoms with Gasteiger partial charge >= 0.3 is 6.03 Å². The van der Waals surface area contributed by atoms with E-state index in [1.165, 1.54) is 4.88 Å². The molecule has 0 radical (unpaired) electrons. The maximum atomic E-state index is 12.0. The second kappa shape index (κ2) is 5.37. The summed E-state index contributed by atoms with van der Waals surface area (Å²) in [6.45, 7) is 1.47. The number of hydrogen-bond acceptors (Lipinski definition) is 3. The van der Waals surface area contributed by atoms with E-state index < -0.39 is 0 Å². The lowest BCUT2D eigenvalue weighted by atomic mass is 10.2. The van der Waals surface area contributed by atoms with E-state index in [1.54, 1.807) is 21.1 Å². The van der Waals surface area contributed by atoms with Crippen LogP contribution in [0.3, 0.4) is 0 Å². The van der Waals surface area contributed by atoms with Crippen LogP contribution >= 0.6 is 27.3 Å². The van der Waals surface area contributed by atoms with Gasteiger partial charge in [0.2, 0.25) is 0 Å². The van der Waals surface area contributed by atoms with Crippen LogP contribution in [0.15, 0.2) is 15.9 Å². The van der Waals surface area contributed by atoms with E-state index in [0.717, 1.165) is 4.47 Å². The maximum absolute atomic E-state index is 12.0. The molecule has 0 aliphatic carbocycles. The fourth-order valence-electron chi connectivity index (χ4n) is 2.00. The molecule has 1 aromatic rings. The van der Waals surface area contributed by atoms with Crippen molar-refractivity contribution in [2.75, 3.05) is 26.7 Å². The summed E-state index contributed by atoms with van der Waals surface area (Å²) in [5, 5.41) is 10.8. The number of urea groups is 1. The first kappa shape index (κ1) is 12.9. The summed E-state index contributed by atoms with van der Waals surface area (Å²) in [4.78, 5) is 16.7. The molecule has 1 aliphatic heterocycles. The molecule has 94 valence electrons. The Morgan fingerprint density at radius 3 is 3.00 bits per heavy atom. The van der Waals surface area contributed by atoms with Crippen LogP contribution < -0.4 is 0 Å². The molecular formula is C11H15BrN2O2S. The lowest BCUT2D eigenvalue weighted by Gasteiger charge is -2.16. The number of carbonyl (C=O) groups excluding carboxylic acids is 1. The van der Waals surface area contributed by atoms with Gasteiger partial charge in [0.25, 0.3) is 0 Å². The number of aliphatic hydroxyl groups is 1. The minimum Gasteiger partial charge on any atom is -0.396 e. The zero-order valence-electron chi connectivity index (χ0n) is 9.60. The van der Waals surface area contributed by atoms with E-state index in [0.29, 0.717) is 19.5 Å². The average Bonchev–Trinajstić information content (AvgIpc) is 2.84. The van der Waals surface area contributed by atoms with Crippen LogP contribution in [0.1, 0.15) is 17.3 Å². The Morgan fingerprint density at radius 1 is 1.65 bits per heavy atom. The molecular weight excluding hydrogens is 304 g/mol. The van der Waals surface area contributed by atoms with Gasteiger partial charge in [0.15, 0.2) is 0 Å². The molecule has 1 unspecified atom stereocenters. The van der Waals surface area contributed by atoms with Gasteiger partial charge in [0.1, 0.15) is 0 Å². The maximum Gasteiger partial charge on any atom is 0.320 e. The number of carbonyl (C=O) groups is 1. The third-order valence-electron chi connectivity index (χ3n) is 2.94. The third-order valence-corrected chi connectivity index (χ3v) is 4.73. The number of hydrogen-bond donors (Lipinski definition) is 1. The van der Waals surface area contributed by atoms with Gasteiger partial charge in [0, 0.05) is 41.5 Å². The fraction of sp³-hybridized carbons (Fsp3) is 0.545. The summed E-state index contributed by atoms with van der Waals surface area (Å²) in [7, 11) is 1.83. The minimum absolute atomic E-state index is 0.0490. The Balaban J connectivity index is 2.08. The van der Waals surface area contributed by atoms with Crippen molar-refractivity contribution >= 4 is 33.3 Å². The van der Waals surface area contributed by atoms with Crippen LogP contribution in [0.2, 0.25) is 0 Å². The van der Waals surface area contributed by atoms with Gasteiger partial charge in [-0.25, -0.2) is 4.79 Å². The Bertz CT molecular complexity index is 410. The van der Waals surface area contributed by atoms with Crippen LogP contribution in [-0.2, 0) is 0 Å². The lowest BCUT2D eigenvalue weighted by Crippen LogP contribution is -2.30. The summed E-state index contributed by atoms with van der Waals surface area (Å²) in [5.74, 6) is 0. The third kappa shape index (κ3) is 2.64. The number of aliphatic hydroxyl groups excluding tert-OH is 1. The van der Waals surface area contributed by atoms with Gasteiger partial charge in [-0.05, 0) is 28.4 Å². The first-order valence-corrected chi connectivity index (χ1v) is 7.17. The summed E-state index contributed by atoms with van der Waals surface area (Å²) in [6, 6.07) is 2.25. The SMILES string of the molecule is CN1C(=O)N(CCCO)CC1c1cc(Br)cs1. The second-order valence-electron chi connectivity index (χ2n) is 4.10. The molecule has 1 fully saturated rings. The highest BCUT2D eigenvalue weighted by Crippen LogP contribution is 2.33. The van der Waals surface area contributed by atoms with E-state index >= 15 is 0 Å². The monoisotopic (exact) mass is 318 g/mol. The molecule has 1 atom stereocenters. The summed E-state index contributed by atoms with van der Waals surface area (Å²) >= 11 is 5.09. The first-order chi connectivity index (χ1) is 8.13. The predicted molar refractivity (Wildman–Crippen MR) is 71.2 cm³/mol.